The molecule has 0 rings (SSSR count). The second kappa shape index (κ2) is 5.87. The van der Waals surface area contributed by atoms with Crippen molar-refractivity contribution in [3.8, 4) is 0 Å². The molecule has 0 aromatic heterocycles. The Labute approximate surface area is 79.5 Å². The summed E-state index contributed by atoms with van der Waals surface area (Å²) in [6.45, 7) is 0. The fourth-order valence-corrected chi connectivity index (χ4v) is 0. The zero-order valence-electron chi connectivity index (χ0n) is 2.53. The molecule has 0 heterocycles. The summed E-state index contributed by atoms with van der Waals surface area (Å²) in [5.41, 5.74) is 0. The number of rotatable bonds is 0. The van der Waals surface area contributed by atoms with Crippen molar-refractivity contribution in [3.05, 3.63) is 0 Å². The predicted molar refractivity (Wildman–Crippen MR) is 38.0 cm³/mol. The Morgan fingerprint density at radius 2 is 1.43 bits per heavy atom. The van der Waals surface area contributed by atoms with E-state index in [-0.39, 0.29) is 46.5 Å². The summed E-state index contributed by atoms with van der Waals surface area (Å²) in [5.74, 6) is 0. The van der Waals surface area contributed by atoms with Crippen LogP contribution in [0, 0.1) is 0 Å². The molecule has 7 heavy (non-hydrogen) atoms. The van der Waals surface area contributed by atoms with E-state index in [1.165, 1.54) is 0 Å². The van der Waals surface area contributed by atoms with Crippen LogP contribution in [0.4, 0.5) is 0 Å². The molecule has 0 aromatic carbocycles. The first-order valence-corrected chi connectivity index (χ1v) is 3.19. The molecule has 0 spiro atoms. The molecule has 0 unspecified atom stereocenters. The van der Waals surface area contributed by atoms with Crippen LogP contribution in [0.1, 0.15) is 0 Å². The molecule has 0 saturated carbocycles. The van der Waals surface area contributed by atoms with E-state index in [9.17, 15) is 0 Å². The van der Waals surface area contributed by atoms with E-state index in [1.807, 2.05) is 0 Å². The molecule has 3 nitrogen and oxygen atoms in total. The van der Waals surface area contributed by atoms with Crippen molar-refractivity contribution < 1.29 is 13.0 Å². The summed E-state index contributed by atoms with van der Waals surface area (Å²) in [5, 5.41) is 0. The monoisotopic (exact) mass is 218 g/mol. The SMILES string of the molecule is Br.O=S(=O)(O)S.[NaH]. The van der Waals surface area contributed by atoms with Gasteiger partial charge in [0, 0.05) is 0 Å². The summed E-state index contributed by atoms with van der Waals surface area (Å²) in [6.07, 6.45) is 0. The zero-order valence-corrected chi connectivity index (χ0v) is 5.95. The topological polar surface area (TPSA) is 54.4 Å². The molecule has 0 saturated heterocycles. The van der Waals surface area contributed by atoms with Crippen LogP contribution in [0.5, 0.6) is 0 Å². The van der Waals surface area contributed by atoms with Crippen molar-refractivity contribution in [2.24, 2.45) is 0 Å². The van der Waals surface area contributed by atoms with Gasteiger partial charge in [0.25, 0.3) is 0 Å². The van der Waals surface area contributed by atoms with Gasteiger partial charge in [0.2, 0.25) is 0 Å². The molecule has 0 amide bonds. The summed E-state index contributed by atoms with van der Waals surface area (Å²) >= 11 is 2.65. The number of hydrogen-bond acceptors (Lipinski definition) is 2. The average Bonchev–Trinajstić information content (AvgIpc) is 0.722. The molecule has 0 aromatic rings. The van der Waals surface area contributed by atoms with Crippen LogP contribution in [0.3, 0.4) is 0 Å². The third-order valence-corrected chi connectivity index (χ3v) is 0. The van der Waals surface area contributed by atoms with Gasteiger partial charge in [-0.2, -0.15) is 8.42 Å². The molecule has 0 aliphatic carbocycles. The van der Waals surface area contributed by atoms with Crippen LogP contribution in [0.25, 0.3) is 0 Å². The van der Waals surface area contributed by atoms with Gasteiger partial charge >= 0.3 is 38.7 Å². The minimum absolute atomic E-state index is 0. The second-order valence-corrected chi connectivity index (χ2v) is 2.73. The summed E-state index contributed by atoms with van der Waals surface area (Å²) in [7, 11) is -3.97. The predicted octanol–water partition coefficient (Wildman–Crippen LogP) is -0.352. The normalized spacial score (nSPS) is 8.29. The molecule has 42 valence electrons. The average molecular weight is 219 g/mol. The van der Waals surface area contributed by atoms with Crippen LogP contribution in [-0.4, -0.2) is 42.5 Å². The third kappa shape index (κ3) is 84.2. The Kier molecular flexibility index (Phi) is 13.3. The quantitative estimate of drug-likeness (QED) is 0.253. The maximum atomic E-state index is 9.05. The van der Waals surface area contributed by atoms with Gasteiger partial charge in [0.05, 0.1) is 0 Å². The third-order valence-electron chi connectivity index (χ3n) is 0. The summed E-state index contributed by atoms with van der Waals surface area (Å²) in [4.78, 5) is 0. The van der Waals surface area contributed by atoms with E-state index in [4.69, 9.17) is 13.0 Å². The van der Waals surface area contributed by atoms with Crippen molar-refractivity contribution in [3.63, 3.8) is 0 Å². The Bertz CT molecular complexity index is 96.1. The molecule has 0 atom stereocenters. The van der Waals surface area contributed by atoms with Gasteiger partial charge in [-0.25, -0.2) is 0 Å². The fraction of sp³-hybridized carbons (Fsp3) is 0. The van der Waals surface area contributed by atoms with Gasteiger partial charge in [-0.05, 0) is 11.7 Å². The molecule has 0 bridgehead atoms. The van der Waals surface area contributed by atoms with Crippen molar-refractivity contribution in [1.29, 1.82) is 0 Å². The van der Waals surface area contributed by atoms with Crippen LogP contribution < -0.4 is 0 Å². The Balaban J connectivity index is -0.0000000800. The van der Waals surface area contributed by atoms with E-state index in [0.717, 1.165) is 0 Å². The van der Waals surface area contributed by atoms with E-state index in [1.54, 1.807) is 0 Å². The summed E-state index contributed by atoms with van der Waals surface area (Å²) < 4.78 is 25.5. The molecule has 1 N–H and O–H groups in total. The van der Waals surface area contributed by atoms with Crippen LogP contribution >= 0.6 is 28.6 Å². The Hall–Kier alpha value is 1.74. The first-order chi connectivity index (χ1) is 2.00. The fourth-order valence-electron chi connectivity index (χ4n) is 0. The molecule has 0 radical (unpaired) electrons. The molecule has 0 aliphatic heterocycles. The van der Waals surface area contributed by atoms with Crippen molar-refractivity contribution >= 4 is 67.3 Å². The number of hydrogen-bond donors (Lipinski definition) is 2. The first kappa shape index (κ1) is 15.9. The first-order valence-electron chi connectivity index (χ1n) is 0.698. The van der Waals surface area contributed by atoms with Crippen LogP contribution in [0.2, 0.25) is 0 Å². The van der Waals surface area contributed by atoms with E-state index >= 15 is 0 Å². The van der Waals surface area contributed by atoms with Crippen molar-refractivity contribution in [2.75, 3.05) is 0 Å². The standard InChI is InChI=1S/BrH.Na.H2O3S2.H/c;;1-5(2,3)4;/h1H;;(H2,1,2,3,4);. The minimum atomic E-state index is -3.97. The molecular weight excluding hydrogens is 215 g/mol. The number of thiol groups is 1. The maximum absolute atomic E-state index is 9.05. The van der Waals surface area contributed by atoms with E-state index in [0.29, 0.717) is 0 Å². The van der Waals surface area contributed by atoms with Crippen LogP contribution in [0.15, 0.2) is 0 Å². The van der Waals surface area contributed by atoms with Gasteiger partial charge in [-0.1, -0.05) is 0 Å². The van der Waals surface area contributed by atoms with Crippen molar-refractivity contribution in [1.82, 2.24) is 0 Å². The second-order valence-electron chi connectivity index (χ2n) is 0.448. The molecular formula is H4BrNaO3S2. The molecule has 7 heteroatoms. The van der Waals surface area contributed by atoms with Gasteiger partial charge in [0.15, 0.2) is 0 Å². The van der Waals surface area contributed by atoms with Gasteiger partial charge in [-0.15, -0.1) is 17.0 Å². The van der Waals surface area contributed by atoms with Gasteiger partial charge in [-0.3, -0.25) is 4.55 Å². The zero-order chi connectivity index (χ0) is 4.50. The Morgan fingerprint density at radius 1 is 1.43 bits per heavy atom. The molecule has 0 fully saturated rings. The Morgan fingerprint density at radius 3 is 1.43 bits per heavy atom. The van der Waals surface area contributed by atoms with E-state index in [2.05, 4.69) is 11.7 Å². The van der Waals surface area contributed by atoms with Gasteiger partial charge in [0.1, 0.15) is 0 Å². The van der Waals surface area contributed by atoms with Crippen molar-refractivity contribution in [2.45, 2.75) is 0 Å². The summed E-state index contributed by atoms with van der Waals surface area (Å²) in [6, 6.07) is 0. The van der Waals surface area contributed by atoms with Crippen LogP contribution in [-0.2, 0) is 9.15 Å². The van der Waals surface area contributed by atoms with Gasteiger partial charge < -0.3 is 0 Å². The molecule has 0 aliphatic rings. The van der Waals surface area contributed by atoms with E-state index < -0.39 is 9.15 Å². The number of halogens is 1.